The summed E-state index contributed by atoms with van der Waals surface area (Å²) in [5, 5.41) is 0.372. The fourth-order valence-corrected chi connectivity index (χ4v) is 2.16. The standard InChI is InChI=1S/C16H18ClN3O2/c1-22-10-2-9-20(12-13-5-7-18-8-6-13)16(21)14-3-4-15(17)19-11-14/h3-8,11H,2,9-10,12H2,1H3. The Hall–Kier alpha value is -1.98. The van der Waals surface area contributed by atoms with E-state index in [1.165, 1.54) is 6.20 Å². The van der Waals surface area contributed by atoms with Crippen molar-refractivity contribution in [3.8, 4) is 0 Å². The maximum atomic E-state index is 12.6. The number of ether oxygens (including phenoxy) is 1. The van der Waals surface area contributed by atoms with Gasteiger partial charge in [0.25, 0.3) is 5.91 Å². The molecule has 0 aliphatic rings. The van der Waals surface area contributed by atoms with Gasteiger partial charge in [-0.2, -0.15) is 0 Å². The molecule has 0 saturated carbocycles. The highest BCUT2D eigenvalue weighted by Gasteiger charge is 2.16. The van der Waals surface area contributed by atoms with E-state index >= 15 is 0 Å². The van der Waals surface area contributed by atoms with Gasteiger partial charge in [-0.15, -0.1) is 0 Å². The summed E-state index contributed by atoms with van der Waals surface area (Å²) >= 11 is 5.77. The summed E-state index contributed by atoms with van der Waals surface area (Å²) in [5.41, 5.74) is 1.55. The molecule has 2 aromatic rings. The first-order chi connectivity index (χ1) is 10.7. The molecule has 2 heterocycles. The van der Waals surface area contributed by atoms with Crippen molar-refractivity contribution in [1.82, 2.24) is 14.9 Å². The summed E-state index contributed by atoms with van der Waals surface area (Å²) in [4.78, 5) is 22.4. The molecule has 0 saturated heterocycles. The van der Waals surface area contributed by atoms with Crippen molar-refractivity contribution in [2.45, 2.75) is 13.0 Å². The van der Waals surface area contributed by atoms with Crippen LogP contribution in [0.4, 0.5) is 0 Å². The second kappa shape index (κ2) is 8.46. The van der Waals surface area contributed by atoms with Crippen LogP contribution >= 0.6 is 11.6 Å². The SMILES string of the molecule is COCCCN(Cc1ccncc1)C(=O)c1ccc(Cl)nc1. The zero-order chi connectivity index (χ0) is 15.8. The van der Waals surface area contributed by atoms with E-state index in [2.05, 4.69) is 9.97 Å². The Labute approximate surface area is 134 Å². The molecule has 0 radical (unpaired) electrons. The average Bonchev–Trinajstić information content (AvgIpc) is 2.55. The lowest BCUT2D eigenvalue weighted by molar-refractivity contribution is 0.0723. The van der Waals surface area contributed by atoms with Crippen LogP contribution in [0.2, 0.25) is 5.15 Å². The van der Waals surface area contributed by atoms with Crippen LogP contribution in [0.25, 0.3) is 0 Å². The van der Waals surface area contributed by atoms with Crippen molar-refractivity contribution in [3.63, 3.8) is 0 Å². The third-order valence-corrected chi connectivity index (χ3v) is 3.38. The van der Waals surface area contributed by atoms with E-state index in [0.717, 1.165) is 12.0 Å². The Kier molecular flexibility index (Phi) is 6.30. The number of halogens is 1. The molecule has 0 unspecified atom stereocenters. The molecule has 0 aliphatic heterocycles. The first kappa shape index (κ1) is 16.4. The highest BCUT2D eigenvalue weighted by molar-refractivity contribution is 6.29. The van der Waals surface area contributed by atoms with Crippen LogP contribution in [0.5, 0.6) is 0 Å². The molecule has 2 aromatic heterocycles. The number of rotatable bonds is 7. The van der Waals surface area contributed by atoms with Crippen LogP contribution in [-0.2, 0) is 11.3 Å². The number of hydrogen-bond acceptors (Lipinski definition) is 4. The predicted molar refractivity (Wildman–Crippen MR) is 84.7 cm³/mol. The number of carbonyl (C=O) groups excluding carboxylic acids is 1. The number of carbonyl (C=O) groups is 1. The molecule has 0 spiro atoms. The van der Waals surface area contributed by atoms with Crippen molar-refractivity contribution in [1.29, 1.82) is 0 Å². The van der Waals surface area contributed by atoms with Gasteiger partial charge in [0.1, 0.15) is 5.15 Å². The van der Waals surface area contributed by atoms with Gasteiger partial charge in [-0.3, -0.25) is 9.78 Å². The number of hydrogen-bond donors (Lipinski definition) is 0. The molecule has 22 heavy (non-hydrogen) atoms. The highest BCUT2D eigenvalue weighted by atomic mass is 35.5. The molecule has 0 aliphatic carbocycles. The first-order valence-electron chi connectivity index (χ1n) is 6.99. The maximum Gasteiger partial charge on any atom is 0.255 e. The zero-order valence-electron chi connectivity index (χ0n) is 12.4. The summed E-state index contributed by atoms with van der Waals surface area (Å²) in [7, 11) is 1.65. The Morgan fingerprint density at radius 3 is 2.68 bits per heavy atom. The van der Waals surface area contributed by atoms with Crippen LogP contribution < -0.4 is 0 Å². The quantitative estimate of drug-likeness (QED) is 0.581. The van der Waals surface area contributed by atoms with Crippen molar-refractivity contribution < 1.29 is 9.53 Å². The van der Waals surface area contributed by atoms with E-state index in [1.807, 2.05) is 12.1 Å². The topological polar surface area (TPSA) is 55.3 Å². The molecule has 2 rings (SSSR count). The fourth-order valence-electron chi connectivity index (χ4n) is 2.05. The van der Waals surface area contributed by atoms with E-state index in [1.54, 1.807) is 36.5 Å². The summed E-state index contributed by atoms with van der Waals surface area (Å²) in [6, 6.07) is 7.11. The van der Waals surface area contributed by atoms with E-state index in [-0.39, 0.29) is 5.91 Å². The number of nitrogens with zero attached hydrogens (tertiary/aromatic N) is 3. The normalized spacial score (nSPS) is 10.5. The molecule has 6 heteroatoms. The minimum Gasteiger partial charge on any atom is -0.385 e. The molecular formula is C16H18ClN3O2. The minimum absolute atomic E-state index is 0.0721. The van der Waals surface area contributed by atoms with Crippen LogP contribution in [0.1, 0.15) is 22.3 Å². The van der Waals surface area contributed by atoms with E-state index in [4.69, 9.17) is 16.3 Å². The summed E-state index contributed by atoms with van der Waals surface area (Å²) in [6.45, 7) is 1.74. The Morgan fingerprint density at radius 1 is 1.27 bits per heavy atom. The van der Waals surface area contributed by atoms with Gasteiger partial charge in [0.2, 0.25) is 0 Å². The van der Waals surface area contributed by atoms with E-state index in [0.29, 0.717) is 30.4 Å². The minimum atomic E-state index is -0.0721. The average molecular weight is 320 g/mol. The van der Waals surface area contributed by atoms with Gasteiger partial charge >= 0.3 is 0 Å². The van der Waals surface area contributed by atoms with Gasteiger partial charge < -0.3 is 9.64 Å². The molecule has 116 valence electrons. The van der Waals surface area contributed by atoms with E-state index < -0.39 is 0 Å². The molecular weight excluding hydrogens is 302 g/mol. The third-order valence-electron chi connectivity index (χ3n) is 3.16. The monoisotopic (exact) mass is 319 g/mol. The molecule has 0 aromatic carbocycles. The van der Waals surface area contributed by atoms with Gasteiger partial charge in [-0.1, -0.05) is 11.6 Å². The lowest BCUT2D eigenvalue weighted by atomic mass is 10.2. The molecule has 0 fully saturated rings. The van der Waals surface area contributed by atoms with Crippen LogP contribution in [-0.4, -0.2) is 41.0 Å². The van der Waals surface area contributed by atoms with E-state index in [9.17, 15) is 4.79 Å². The maximum absolute atomic E-state index is 12.6. The smallest absolute Gasteiger partial charge is 0.255 e. The third kappa shape index (κ3) is 4.79. The Bertz CT molecular complexity index is 590. The zero-order valence-corrected chi connectivity index (χ0v) is 13.2. The molecule has 1 amide bonds. The lowest BCUT2D eigenvalue weighted by Crippen LogP contribution is -2.32. The van der Waals surface area contributed by atoms with Gasteiger partial charge in [0.15, 0.2) is 0 Å². The number of amides is 1. The number of methoxy groups -OCH3 is 1. The Balaban J connectivity index is 2.12. The van der Waals surface area contributed by atoms with Gasteiger partial charge in [-0.25, -0.2) is 4.98 Å². The van der Waals surface area contributed by atoms with Crippen molar-refractivity contribution in [2.24, 2.45) is 0 Å². The first-order valence-corrected chi connectivity index (χ1v) is 7.37. The van der Waals surface area contributed by atoms with Crippen molar-refractivity contribution >= 4 is 17.5 Å². The van der Waals surface area contributed by atoms with Gasteiger partial charge in [0.05, 0.1) is 5.56 Å². The summed E-state index contributed by atoms with van der Waals surface area (Å²) in [5.74, 6) is -0.0721. The highest BCUT2D eigenvalue weighted by Crippen LogP contribution is 2.12. The second-order valence-corrected chi connectivity index (χ2v) is 5.19. The molecule has 0 bridgehead atoms. The van der Waals surface area contributed by atoms with Crippen LogP contribution in [0, 0.1) is 0 Å². The second-order valence-electron chi connectivity index (χ2n) is 4.80. The summed E-state index contributed by atoms with van der Waals surface area (Å²) in [6.07, 6.45) is 5.71. The van der Waals surface area contributed by atoms with Crippen LogP contribution in [0.3, 0.4) is 0 Å². The number of pyridine rings is 2. The van der Waals surface area contributed by atoms with Gasteiger partial charge in [0, 0.05) is 45.4 Å². The predicted octanol–water partition coefficient (Wildman–Crippen LogP) is 2.81. The van der Waals surface area contributed by atoms with Crippen LogP contribution in [0.15, 0.2) is 42.9 Å². The lowest BCUT2D eigenvalue weighted by Gasteiger charge is -2.22. The summed E-state index contributed by atoms with van der Waals surface area (Å²) < 4.78 is 5.07. The largest absolute Gasteiger partial charge is 0.385 e. The van der Waals surface area contributed by atoms with Gasteiger partial charge in [-0.05, 0) is 36.2 Å². The Morgan fingerprint density at radius 2 is 2.05 bits per heavy atom. The molecule has 0 atom stereocenters. The van der Waals surface area contributed by atoms with Crippen molar-refractivity contribution in [2.75, 3.05) is 20.3 Å². The molecule has 0 N–H and O–H groups in total. The van der Waals surface area contributed by atoms with Crippen molar-refractivity contribution in [3.05, 3.63) is 59.1 Å². The molecule has 5 nitrogen and oxygen atoms in total. The fraction of sp³-hybridized carbons (Fsp3) is 0.312. The number of aromatic nitrogens is 2.